The van der Waals surface area contributed by atoms with Gasteiger partial charge >= 0.3 is 0 Å². The molecule has 1 aromatic carbocycles. The molecule has 1 saturated carbocycles. The number of hydrogen-bond donors (Lipinski definition) is 3. The first-order chi connectivity index (χ1) is 15.1. The molecular formula is C24H34N2O6. The Kier molecular flexibility index (Phi) is 6.09. The number of carbonyl (C=O) groups excluding carboxylic acids is 2. The lowest BCUT2D eigenvalue weighted by molar-refractivity contribution is -0.209. The summed E-state index contributed by atoms with van der Waals surface area (Å²) in [5.41, 5.74) is 0.903. The van der Waals surface area contributed by atoms with Crippen molar-refractivity contribution in [3.63, 3.8) is 0 Å². The predicted octanol–water partition coefficient (Wildman–Crippen LogP) is 0.870. The minimum absolute atomic E-state index is 0.0610. The monoisotopic (exact) mass is 446 g/mol. The lowest BCUT2D eigenvalue weighted by Crippen LogP contribution is -2.67. The Morgan fingerprint density at radius 3 is 2.56 bits per heavy atom. The van der Waals surface area contributed by atoms with E-state index in [1.807, 2.05) is 31.2 Å². The van der Waals surface area contributed by atoms with Crippen LogP contribution in [0.5, 0.6) is 0 Å². The Bertz CT molecular complexity index is 891. The number of rotatable bonds is 4. The van der Waals surface area contributed by atoms with Crippen LogP contribution in [0.2, 0.25) is 0 Å². The lowest BCUT2D eigenvalue weighted by atomic mass is 9.54. The smallest absolute Gasteiger partial charge is 0.224 e. The average molecular weight is 447 g/mol. The van der Waals surface area contributed by atoms with E-state index >= 15 is 0 Å². The Morgan fingerprint density at radius 2 is 1.94 bits per heavy atom. The van der Waals surface area contributed by atoms with Crippen molar-refractivity contribution in [2.75, 3.05) is 25.1 Å². The first kappa shape index (κ1) is 23.2. The highest BCUT2D eigenvalue weighted by Gasteiger charge is 2.65. The van der Waals surface area contributed by atoms with Gasteiger partial charge in [0.05, 0.1) is 24.9 Å². The van der Waals surface area contributed by atoms with Crippen molar-refractivity contribution in [3.8, 4) is 0 Å². The van der Waals surface area contributed by atoms with Gasteiger partial charge in [0.15, 0.2) is 6.29 Å². The fraction of sp³-hybridized carbons (Fsp3) is 0.667. The molecule has 4 rings (SSSR count). The molecule has 3 N–H and O–H groups in total. The topological polar surface area (TPSA) is 111 Å². The maximum absolute atomic E-state index is 13.0. The van der Waals surface area contributed by atoms with Crippen molar-refractivity contribution in [2.24, 2.45) is 17.8 Å². The van der Waals surface area contributed by atoms with E-state index in [0.29, 0.717) is 26.0 Å². The molecule has 3 aliphatic rings. The number of ether oxygens (including phenoxy) is 1. The number of benzene rings is 1. The largest absolute Gasteiger partial charge is 0.392 e. The van der Waals surface area contributed by atoms with Crippen molar-refractivity contribution in [1.82, 2.24) is 4.90 Å². The molecule has 7 atom stereocenters. The summed E-state index contributed by atoms with van der Waals surface area (Å²) >= 11 is 0. The van der Waals surface area contributed by atoms with E-state index in [2.05, 4.69) is 0 Å². The zero-order valence-corrected chi connectivity index (χ0v) is 19.1. The van der Waals surface area contributed by atoms with Gasteiger partial charge in [-0.25, -0.2) is 0 Å². The van der Waals surface area contributed by atoms with Crippen LogP contribution in [0.1, 0.15) is 39.2 Å². The van der Waals surface area contributed by atoms with Crippen molar-refractivity contribution in [1.29, 1.82) is 0 Å². The zero-order chi connectivity index (χ0) is 23.4. The van der Waals surface area contributed by atoms with E-state index in [-0.39, 0.29) is 29.8 Å². The highest BCUT2D eigenvalue weighted by molar-refractivity contribution is 5.96. The minimum atomic E-state index is -1.57. The second-order valence-corrected chi connectivity index (χ2v) is 9.69. The molecule has 0 radical (unpaired) electrons. The average Bonchev–Trinajstić information content (AvgIpc) is 3.03. The summed E-state index contributed by atoms with van der Waals surface area (Å²) in [5, 5.41) is 32.0. The molecule has 1 aliphatic carbocycles. The van der Waals surface area contributed by atoms with Crippen LogP contribution in [0, 0.1) is 17.8 Å². The highest BCUT2D eigenvalue weighted by atomic mass is 16.5. The fourth-order valence-electron chi connectivity index (χ4n) is 6.61. The van der Waals surface area contributed by atoms with E-state index in [0.717, 1.165) is 11.3 Å². The third kappa shape index (κ3) is 3.36. The SMILES string of the molecule is CC(=O)N(C)CC[C@]12c3ccccc3N(C(C)=O)[C@H]1[C@@H]1CO[C@H](C)[C@H](C(O)O)[C@@H]1CC2O. The molecule has 1 saturated heterocycles. The van der Waals surface area contributed by atoms with E-state index in [1.54, 1.807) is 16.8 Å². The van der Waals surface area contributed by atoms with Crippen LogP contribution in [-0.4, -0.2) is 76.8 Å². The van der Waals surface area contributed by atoms with Gasteiger partial charge in [0.2, 0.25) is 11.8 Å². The number of fused-ring (bicyclic) bond motifs is 5. The summed E-state index contributed by atoms with van der Waals surface area (Å²) in [6.45, 7) is 5.66. The molecule has 0 bridgehead atoms. The molecule has 32 heavy (non-hydrogen) atoms. The fourth-order valence-corrected chi connectivity index (χ4v) is 6.61. The third-order valence-electron chi connectivity index (χ3n) is 8.19. The molecule has 1 unspecified atom stereocenters. The van der Waals surface area contributed by atoms with Gasteiger partial charge in [0.1, 0.15) is 0 Å². The number of para-hydroxylation sites is 1. The molecule has 0 spiro atoms. The van der Waals surface area contributed by atoms with Crippen LogP contribution in [0.3, 0.4) is 0 Å². The molecule has 2 fully saturated rings. The van der Waals surface area contributed by atoms with Crippen LogP contribution in [-0.2, 0) is 19.7 Å². The highest BCUT2D eigenvalue weighted by Crippen LogP contribution is 2.59. The lowest BCUT2D eigenvalue weighted by Gasteiger charge is -2.57. The Morgan fingerprint density at radius 1 is 1.25 bits per heavy atom. The van der Waals surface area contributed by atoms with Crippen molar-refractivity contribution in [3.05, 3.63) is 29.8 Å². The van der Waals surface area contributed by atoms with E-state index in [9.17, 15) is 24.9 Å². The number of aliphatic hydroxyl groups excluding tert-OH is 2. The van der Waals surface area contributed by atoms with Gasteiger partial charge in [-0.1, -0.05) is 18.2 Å². The third-order valence-corrected chi connectivity index (χ3v) is 8.19. The number of carbonyl (C=O) groups is 2. The first-order valence-electron chi connectivity index (χ1n) is 11.4. The second kappa shape index (κ2) is 8.41. The summed E-state index contributed by atoms with van der Waals surface area (Å²) < 4.78 is 6.00. The number of aliphatic hydroxyl groups is 3. The van der Waals surface area contributed by atoms with Crippen molar-refractivity contribution in [2.45, 2.75) is 63.6 Å². The molecule has 8 heteroatoms. The van der Waals surface area contributed by atoms with Gasteiger partial charge in [-0.05, 0) is 37.3 Å². The van der Waals surface area contributed by atoms with Crippen LogP contribution in [0.15, 0.2) is 24.3 Å². The van der Waals surface area contributed by atoms with Gasteiger partial charge < -0.3 is 29.9 Å². The first-order valence-corrected chi connectivity index (χ1v) is 11.4. The predicted molar refractivity (Wildman–Crippen MR) is 118 cm³/mol. The molecule has 0 aromatic heterocycles. The second-order valence-electron chi connectivity index (χ2n) is 9.69. The molecule has 2 amide bonds. The standard InChI is InChI=1S/C24H34N2O6/c1-13-21(23(30)31)16-11-20(29)24(9-10-25(4)14(2)27)18-7-5-6-8-19(18)26(15(3)28)22(24)17(16)12-32-13/h5-8,13,16-17,20-23,29-31H,9-12H2,1-4H3/t13-,16-,17-,20?,21+,22+,24-/m1/s1. The molecule has 2 aliphatic heterocycles. The molecule has 2 heterocycles. The zero-order valence-electron chi connectivity index (χ0n) is 19.1. The summed E-state index contributed by atoms with van der Waals surface area (Å²) in [4.78, 5) is 28.3. The van der Waals surface area contributed by atoms with Gasteiger partial charge in [0, 0.05) is 50.4 Å². The maximum atomic E-state index is 13.0. The number of amides is 2. The molecule has 8 nitrogen and oxygen atoms in total. The Hall–Kier alpha value is -2.00. The van der Waals surface area contributed by atoms with Gasteiger partial charge in [0.25, 0.3) is 0 Å². The van der Waals surface area contributed by atoms with Gasteiger partial charge in [-0.3, -0.25) is 9.59 Å². The number of hydrogen-bond acceptors (Lipinski definition) is 6. The van der Waals surface area contributed by atoms with Crippen LogP contribution >= 0.6 is 0 Å². The molecule has 1 aromatic rings. The molecular weight excluding hydrogens is 412 g/mol. The van der Waals surface area contributed by atoms with E-state index in [4.69, 9.17) is 4.74 Å². The maximum Gasteiger partial charge on any atom is 0.224 e. The van der Waals surface area contributed by atoms with Gasteiger partial charge in [-0.15, -0.1) is 0 Å². The Balaban J connectivity index is 1.85. The summed E-state index contributed by atoms with van der Waals surface area (Å²) in [5.74, 6) is -1.14. The van der Waals surface area contributed by atoms with E-state index < -0.39 is 29.8 Å². The van der Waals surface area contributed by atoms with Gasteiger partial charge in [-0.2, -0.15) is 0 Å². The summed E-state index contributed by atoms with van der Waals surface area (Å²) in [6.07, 6.45) is -1.89. The number of anilines is 1. The minimum Gasteiger partial charge on any atom is -0.392 e. The number of nitrogens with zero attached hydrogens (tertiary/aromatic N) is 2. The Labute approximate surface area is 188 Å². The van der Waals surface area contributed by atoms with Crippen molar-refractivity contribution < 1.29 is 29.6 Å². The summed E-state index contributed by atoms with van der Waals surface area (Å²) in [6, 6.07) is 7.25. The summed E-state index contributed by atoms with van der Waals surface area (Å²) in [7, 11) is 1.74. The molecule has 176 valence electrons. The van der Waals surface area contributed by atoms with Crippen molar-refractivity contribution >= 4 is 17.5 Å². The van der Waals surface area contributed by atoms with E-state index in [1.165, 1.54) is 13.8 Å². The quantitative estimate of drug-likeness (QED) is 0.592. The van der Waals surface area contributed by atoms with Crippen LogP contribution in [0.4, 0.5) is 5.69 Å². The normalized spacial score (nSPS) is 35.8. The van der Waals surface area contributed by atoms with Crippen LogP contribution < -0.4 is 4.90 Å². The van der Waals surface area contributed by atoms with Crippen LogP contribution in [0.25, 0.3) is 0 Å².